The first-order chi connectivity index (χ1) is 8.49. The lowest BCUT2D eigenvalue weighted by Gasteiger charge is -2.50. The topological polar surface area (TPSA) is 18.5 Å². The van der Waals surface area contributed by atoms with Gasteiger partial charge in [-0.25, -0.2) is 0 Å². The predicted molar refractivity (Wildman–Crippen MR) is 77.9 cm³/mol. The summed E-state index contributed by atoms with van der Waals surface area (Å²) in [5.74, 6) is 0.787. The Balaban J connectivity index is 1.98. The summed E-state index contributed by atoms with van der Waals surface area (Å²) < 4.78 is 0. The van der Waals surface area contributed by atoms with Crippen LogP contribution >= 0.6 is 0 Å². The SMILES string of the molecule is CC(C)CN1CCC(C)(C)C(N2CCNCC2)C1. The van der Waals surface area contributed by atoms with Gasteiger partial charge in [0.1, 0.15) is 0 Å². The number of hydrogen-bond donors (Lipinski definition) is 1. The zero-order valence-electron chi connectivity index (χ0n) is 12.7. The molecule has 106 valence electrons. The molecule has 2 rings (SSSR count). The largest absolute Gasteiger partial charge is 0.314 e. The number of nitrogens with one attached hydrogen (secondary N) is 1. The second kappa shape index (κ2) is 5.89. The van der Waals surface area contributed by atoms with Gasteiger partial charge in [0, 0.05) is 45.3 Å². The summed E-state index contributed by atoms with van der Waals surface area (Å²) in [7, 11) is 0. The minimum absolute atomic E-state index is 0.477. The van der Waals surface area contributed by atoms with Crippen molar-refractivity contribution in [2.24, 2.45) is 11.3 Å². The van der Waals surface area contributed by atoms with E-state index >= 15 is 0 Å². The quantitative estimate of drug-likeness (QED) is 0.825. The molecule has 2 aliphatic rings. The standard InChI is InChI=1S/C15H31N3/c1-13(2)11-17-8-5-15(3,4)14(12-17)18-9-6-16-7-10-18/h13-14,16H,5-12H2,1-4H3. The highest BCUT2D eigenvalue weighted by Crippen LogP contribution is 2.34. The Hall–Kier alpha value is -0.120. The molecule has 2 aliphatic heterocycles. The smallest absolute Gasteiger partial charge is 0.0275 e. The van der Waals surface area contributed by atoms with Crippen LogP contribution in [0.25, 0.3) is 0 Å². The Labute approximate surface area is 113 Å². The van der Waals surface area contributed by atoms with E-state index < -0.39 is 0 Å². The molecule has 2 heterocycles. The molecule has 3 heteroatoms. The molecule has 0 aromatic rings. The van der Waals surface area contributed by atoms with Crippen molar-refractivity contribution in [3.63, 3.8) is 0 Å². The summed E-state index contributed by atoms with van der Waals surface area (Å²) in [5.41, 5.74) is 0.477. The van der Waals surface area contributed by atoms with Gasteiger partial charge in [-0.05, 0) is 24.3 Å². The van der Waals surface area contributed by atoms with Crippen molar-refractivity contribution in [2.45, 2.75) is 40.2 Å². The lowest BCUT2D eigenvalue weighted by molar-refractivity contribution is -0.00244. The summed E-state index contributed by atoms with van der Waals surface area (Å²) >= 11 is 0. The summed E-state index contributed by atoms with van der Waals surface area (Å²) in [6.07, 6.45) is 1.34. The molecule has 2 fully saturated rings. The highest BCUT2D eigenvalue weighted by atomic mass is 15.3. The maximum atomic E-state index is 3.47. The molecule has 0 saturated carbocycles. The van der Waals surface area contributed by atoms with E-state index in [-0.39, 0.29) is 0 Å². The summed E-state index contributed by atoms with van der Waals surface area (Å²) in [6.45, 7) is 18.2. The molecule has 1 unspecified atom stereocenters. The minimum atomic E-state index is 0.477. The zero-order valence-corrected chi connectivity index (χ0v) is 12.7. The van der Waals surface area contributed by atoms with E-state index in [1.165, 1.54) is 39.1 Å². The van der Waals surface area contributed by atoms with Gasteiger partial charge < -0.3 is 10.2 Å². The number of nitrogens with zero attached hydrogens (tertiary/aromatic N) is 2. The van der Waals surface area contributed by atoms with E-state index in [4.69, 9.17) is 0 Å². The first kappa shape index (κ1) is 14.3. The monoisotopic (exact) mass is 253 g/mol. The molecule has 0 bridgehead atoms. The number of hydrogen-bond acceptors (Lipinski definition) is 3. The van der Waals surface area contributed by atoms with Gasteiger partial charge in [-0.1, -0.05) is 27.7 Å². The van der Waals surface area contributed by atoms with E-state index in [0.29, 0.717) is 5.41 Å². The van der Waals surface area contributed by atoms with Crippen LogP contribution in [0.1, 0.15) is 34.1 Å². The van der Waals surface area contributed by atoms with E-state index in [9.17, 15) is 0 Å². The minimum Gasteiger partial charge on any atom is -0.314 e. The second-order valence-corrected chi connectivity index (χ2v) is 7.19. The molecule has 1 N–H and O–H groups in total. The third kappa shape index (κ3) is 3.46. The maximum Gasteiger partial charge on any atom is 0.0275 e. The maximum absolute atomic E-state index is 3.47. The van der Waals surface area contributed by atoms with Gasteiger partial charge in [0.05, 0.1) is 0 Å². The number of rotatable bonds is 3. The first-order valence-electron chi connectivity index (χ1n) is 7.66. The van der Waals surface area contributed by atoms with Crippen LogP contribution in [0.5, 0.6) is 0 Å². The number of piperidine rings is 1. The molecular formula is C15H31N3. The number of likely N-dealkylation sites (tertiary alicyclic amines) is 1. The summed E-state index contributed by atoms with van der Waals surface area (Å²) in [5, 5.41) is 3.47. The van der Waals surface area contributed by atoms with Gasteiger partial charge in [-0.15, -0.1) is 0 Å². The van der Waals surface area contributed by atoms with Gasteiger partial charge in [0.25, 0.3) is 0 Å². The van der Waals surface area contributed by atoms with Crippen LogP contribution in [-0.4, -0.2) is 61.7 Å². The third-order valence-electron chi connectivity index (χ3n) is 4.62. The third-order valence-corrected chi connectivity index (χ3v) is 4.62. The van der Waals surface area contributed by atoms with Crippen LogP contribution in [0.3, 0.4) is 0 Å². The van der Waals surface area contributed by atoms with E-state index in [0.717, 1.165) is 25.0 Å². The second-order valence-electron chi connectivity index (χ2n) is 7.19. The van der Waals surface area contributed by atoms with E-state index in [2.05, 4.69) is 42.8 Å². The molecular weight excluding hydrogens is 222 g/mol. The van der Waals surface area contributed by atoms with Gasteiger partial charge in [-0.2, -0.15) is 0 Å². The molecule has 0 aromatic carbocycles. The molecule has 0 aliphatic carbocycles. The molecule has 0 aromatic heterocycles. The first-order valence-corrected chi connectivity index (χ1v) is 7.66. The molecule has 0 spiro atoms. The summed E-state index contributed by atoms with van der Waals surface area (Å²) in [6, 6.07) is 0.743. The van der Waals surface area contributed by atoms with Crippen LogP contribution < -0.4 is 5.32 Å². The van der Waals surface area contributed by atoms with Crippen LogP contribution in [0.2, 0.25) is 0 Å². The lowest BCUT2D eigenvalue weighted by Crippen LogP contribution is -2.60. The molecule has 1 atom stereocenters. The Kier molecular flexibility index (Phi) is 4.68. The van der Waals surface area contributed by atoms with Gasteiger partial charge >= 0.3 is 0 Å². The Morgan fingerprint density at radius 3 is 2.44 bits per heavy atom. The highest BCUT2D eigenvalue weighted by molar-refractivity contribution is 4.94. The zero-order chi connectivity index (χ0) is 13.2. The van der Waals surface area contributed by atoms with Gasteiger partial charge in [0.15, 0.2) is 0 Å². The average Bonchev–Trinajstić information content (AvgIpc) is 2.32. The van der Waals surface area contributed by atoms with Crippen LogP contribution in [-0.2, 0) is 0 Å². The van der Waals surface area contributed by atoms with Crippen molar-refractivity contribution >= 4 is 0 Å². The number of piperazine rings is 1. The summed E-state index contributed by atoms with van der Waals surface area (Å²) in [4.78, 5) is 5.41. The predicted octanol–water partition coefficient (Wildman–Crippen LogP) is 1.65. The van der Waals surface area contributed by atoms with Crippen molar-refractivity contribution in [3.05, 3.63) is 0 Å². The van der Waals surface area contributed by atoms with Crippen LogP contribution in [0.4, 0.5) is 0 Å². The van der Waals surface area contributed by atoms with Crippen molar-refractivity contribution in [3.8, 4) is 0 Å². The molecule has 3 nitrogen and oxygen atoms in total. The van der Waals surface area contributed by atoms with Gasteiger partial charge in [-0.3, -0.25) is 4.90 Å². The molecule has 0 radical (unpaired) electrons. The molecule has 0 amide bonds. The van der Waals surface area contributed by atoms with Crippen LogP contribution in [0.15, 0.2) is 0 Å². The molecule has 2 saturated heterocycles. The highest BCUT2D eigenvalue weighted by Gasteiger charge is 2.39. The van der Waals surface area contributed by atoms with Gasteiger partial charge in [0.2, 0.25) is 0 Å². The Morgan fingerprint density at radius 2 is 1.83 bits per heavy atom. The Bertz CT molecular complexity index is 256. The normalized spacial score (nSPS) is 30.8. The fourth-order valence-corrected chi connectivity index (χ4v) is 3.48. The fourth-order valence-electron chi connectivity index (χ4n) is 3.48. The van der Waals surface area contributed by atoms with Crippen molar-refractivity contribution in [2.75, 3.05) is 45.8 Å². The van der Waals surface area contributed by atoms with E-state index in [1.54, 1.807) is 0 Å². The van der Waals surface area contributed by atoms with E-state index in [1.807, 2.05) is 0 Å². The Morgan fingerprint density at radius 1 is 1.17 bits per heavy atom. The fraction of sp³-hybridized carbons (Fsp3) is 1.00. The van der Waals surface area contributed by atoms with Crippen molar-refractivity contribution < 1.29 is 0 Å². The lowest BCUT2D eigenvalue weighted by atomic mass is 9.77. The van der Waals surface area contributed by atoms with Crippen LogP contribution in [0, 0.1) is 11.3 Å². The van der Waals surface area contributed by atoms with Crippen molar-refractivity contribution in [1.82, 2.24) is 15.1 Å². The van der Waals surface area contributed by atoms with Crippen molar-refractivity contribution in [1.29, 1.82) is 0 Å². The average molecular weight is 253 g/mol. The molecule has 18 heavy (non-hydrogen) atoms.